The molecule has 1 aromatic heterocycles. The summed E-state index contributed by atoms with van der Waals surface area (Å²) in [4.78, 5) is 30.1. The smallest absolute Gasteiger partial charge is 0.264 e. The monoisotopic (exact) mass is 370 g/mol. The summed E-state index contributed by atoms with van der Waals surface area (Å²) < 4.78 is 0. The molecule has 1 aromatic carbocycles. The largest absolute Gasteiger partial charge is 0.340 e. The lowest BCUT2D eigenvalue weighted by Crippen LogP contribution is -2.52. The zero-order valence-corrected chi connectivity index (χ0v) is 16.3. The number of rotatable bonds is 5. The third-order valence-corrected chi connectivity index (χ3v) is 5.87. The number of hydrogen-bond donors (Lipinski definition) is 0. The van der Waals surface area contributed by atoms with E-state index in [-0.39, 0.29) is 17.9 Å². The topological polar surface area (TPSA) is 40.6 Å². The van der Waals surface area contributed by atoms with Gasteiger partial charge in [0.2, 0.25) is 5.91 Å². The number of piperidine rings is 1. The fourth-order valence-corrected chi connectivity index (χ4v) is 4.14. The van der Waals surface area contributed by atoms with E-state index in [4.69, 9.17) is 0 Å². The third-order valence-electron chi connectivity index (χ3n) is 5.01. The van der Waals surface area contributed by atoms with E-state index in [1.54, 1.807) is 9.80 Å². The second-order valence-electron chi connectivity index (χ2n) is 6.85. The van der Waals surface area contributed by atoms with E-state index in [9.17, 15) is 9.59 Å². The van der Waals surface area contributed by atoms with E-state index in [0.29, 0.717) is 18.0 Å². The molecule has 1 atom stereocenters. The van der Waals surface area contributed by atoms with Crippen molar-refractivity contribution in [3.05, 3.63) is 57.8 Å². The Labute approximate surface area is 159 Å². The van der Waals surface area contributed by atoms with Crippen LogP contribution in [-0.2, 0) is 17.8 Å². The Hall–Kier alpha value is -2.14. The summed E-state index contributed by atoms with van der Waals surface area (Å²) in [5.74, 6) is 0.0212. The molecule has 2 heterocycles. The molecule has 2 amide bonds. The van der Waals surface area contributed by atoms with Crippen molar-refractivity contribution in [1.29, 1.82) is 0 Å². The van der Waals surface area contributed by atoms with Gasteiger partial charge in [-0.25, -0.2) is 0 Å². The van der Waals surface area contributed by atoms with Gasteiger partial charge in [-0.2, -0.15) is 0 Å². The second kappa shape index (κ2) is 8.49. The standard InChI is InChI=1S/C21H26N2O2S/c1-3-16-9-11-17(12-10-16)15-22(2)20(24)18-7-4-5-13-23(18)21(25)19-8-6-14-26-19/h6,8-12,14,18H,3-5,7,13,15H2,1-2H3. The Morgan fingerprint density at radius 1 is 1.15 bits per heavy atom. The van der Waals surface area contributed by atoms with Gasteiger partial charge in [0.15, 0.2) is 0 Å². The Kier molecular flexibility index (Phi) is 6.09. The number of thiophene rings is 1. The number of aryl methyl sites for hydroxylation is 1. The van der Waals surface area contributed by atoms with Gasteiger partial charge in [-0.3, -0.25) is 9.59 Å². The second-order valence-corrected chi connectivity index (χ2v) is 7.80. The van der Waals surface area contributed by atoms with Gasteiger partial charge in [0.25, 0.3) is 5.91 Å². The molecular weight excluding hydrogens is 344 g/mol. The first kappa shape index (κ1) is 18.6. The van der Waals surface area contributed by atoms with Gasteiger partial charge in [-0.05, 0) is 48.3 Å². The number of benzene rings is 1. The minimum Gasteiger partial charge on any atom is -0.340 e. The van der Waals surface area contributed by atoms with Crippen molar-refractivity contribution < 1.29 is 9.59 Å². The summed E-state index contributed by atoms with van der Waals surface area (Å²) in [5, 5.41) is 1.90. The van der Waals surface area contributed by atoms with Crippen LogP contribution in [0.15, 0.2) is 41.8 Å². The van der Waals surface area contributed by atoms with Crippen LogP contribution < -0.4 is 0 Å². The van der Waals surface area contributed by atoms with Crippen LogP contribution in [0.5, 0.6) is 0 Å². The number of carbonyl (C=O) groups is 2. The quantitative estimate of drug-likeness (QED) is 0.799. The average Bonchev–Trinajstić information content (AvgIpc) is 3.22. The highest BCUT2D eigenvalue weighted by atomic mass is 32.1. The van der Waals surface area contributed by atoms with Crippen LogP contribution in [0.4, 0.5) is 0 Å². The highest BCUT2D eigenvalue weighted by molar-refractivity contribution is 7.12. The summed E-state index contributed by atoms with van der Waals surface area (Å²) in [6.07, 6.45) is 3.71. The van der Waals surface area contributed by atoms with Gasteiger partial charge in [0, 0.05) is 20.1 Å². The first-order chi connectivity index (χ1) is 12.6. The van der Waals surface area contributed by atoms with Crippen LogP contribution in [0.1, 0.15) is 47.0 Å². The zero-order chi connectivity index (χ0) is 18.5. The minimum atomic E-state index is -0.349. The maximum atomic E-state index is 13.0. The molecule has 1 fully saturated rings. The molecule has 1 aliphatic rings. The Balaban J connectivity index is 1.69. The van der Waals surface area contributed by atoms with Crippen LogP contribution in [0.25, 0.3) is 0 Å². The number of carbonyl (C=O) groups excluding carboxylic acids is 2. The molecular formula is C21H26N2O2S. The van der Waals surface area contributed by atoms with Crippen molar-refractivity contribution in [1.82, 2.24) is 9.80 Å². The van der Waals surface area contributed by atoms with E-state index < -0.39 is 0 Å². The molecule has 1 aliphatic heterocycles. The van der Waals surface area contributed by atoms with Crippen LogP contribution in [-0.4, -0.2) is 41.2 Å². The average molecular weight is 371 g/mol. The minimum absolute atomic E-state index is 0.0150. The van der Waals surface area contributed by atoms with Crippen molar-refractivity contribution in [2.24, 2.45) is 0 Å². The van der Waals surface area contributed by atoms with Gasteiger partial charge in [0.1, 0.15) is 6.04 Å². The van der Waals surface area contributed by atoms with Crippen LogP contribution in [0, 0.1) is 0 Å². The molecule has 0 saturated carbocycles. The Morgan fingerprint density at radius 3 is 2.54 bits per heavy atom. The van der Waals surface area contributed by atoms with Crippen LogP contribution >= 0.6 is 11.3 Å². The molecule has 0 bridgehead atoms. The van der Waals surface area contributed by atoms with E-state index in [2.05, 4.69) is 31.2 Å². The zero-order valence-electron chi connectivity index (χ0n) is 15.5. The van der Waals surface area contributed by atoms with Gasteiger partial charge in [0.05, 0.1) is 4.88 Å². The third kappa shape index (κ3) is 4.15. The summed E-state index contributed by atoms with van der Waals surface area (Å²) in [6, 6.07) is 11.8. The number of likely N-dealkylation sites (N-methyl/N-ethyl adjacent to an activating group) is 1. The molecule has 26 heavy (non-hydrogen) atoms. The summed E-state index contributed by atoms with van der Waals surface area (Å²) in [7, 11) is 1.83. The molecule has 4 nitrogen and oxygen atoms in total. The first-order valence-electron chi connectivity index (χ1n) is 9.27. The van der Waals surface area contributed by atoms with Gasteiger partial charge >= 0.3 is 0 Å². The molecule has 0 aliphatic carbocycles. The van der Waals surface area contributed by atoms with Crippen molar-refractivity contribution in [3.8, 4) is 0 Å². The lowest BCUT2D eigenvalue weighted by molar-refractivity contribution is -0.136. The van der Waals surface area contributed by atoms with Gasteiger partial charge in [-0.1, -0.05) is 37.3 Å². The normalized spacial score (nSPS) is 17.2. The highest BCUT2D eigenvalue weighted by Crippen LogP contribution is 2.23. The molecule has 0 N–H and O–H groups in total. The maximum absolute atomic E-state index is 13.0. The molecule has 1 unspecified atom stereocenters. The summed E-state index contributed by atoms with van der Waals surface area (Å²) in [5.41, 5.74) is 2.41. The van der Waals surface area contributed by atoms with Crippen molar-refractivity contribution in [2.45, 2.75) is 45.2 Å². The molecule has 2 aromatic rings. The fourth-order valence-electron chi connectivity index (χ4n) is 3.46. The predicted octanol–water partition coefficient (Wildman–Crippen LogP) is 3.96. The molecule has 1 saturated heterocycles. The summed E-state index contributed by atoms with van der Waals surface area (Å²) >= 11 is 1.44. The molecule has 0 spiro atoms. The number of likely N-dealkylation sites (tertiary alicyclic amines) is 1. The number of nitrogens with zero attached hydrogens (tertiary/aromatic N) is 2. The van der Waals surface area contributed by atoms with E-state index in [0.717, 1.165) is 31.2 Å². The predicted molar refractivity (Wildman–Crippen MR) is 105 cm³/mol. The van der Waals surface area contributed by atoms with Crippen molar-refractivity contribution >= 4 is 23.2 Å². The number of amides is 2. The van der Waals surface area contributed by atoms with E-state index in [1.807, 2.05) is 24.6 Å². The number of hydrogen-bond acceptors (Lipinski definition) is 3. The van der Waals surface area contributed by atoms with Gasteiger partial charge in [-0.15, -0.1) is 11.3 Å². The lowest BCUT2D eigenvalue weighted by atomic mass is 10.00. The Morgan fingerprint density at radius 2 is 1.88 bits per heavy atom. The maximum Gasteiger partial charge on any atom is 0.264 e. The van der Waals surface area contributed by atoms with Crippen LogP contribution in [0.2, 0.25) is 0 Å². The molecule has 0 radical (unpaired) electrons. The highest BCUT2D eigenvalue weighted by Gasteiger charge is 2.34. The SMILES string of the molecule is CCc1ccc(CN(C)C(=O)C2CCCCN2C(=O)c2cccs2)cc1. The fraction of sp³-hybridized carbons (Fsp3) is 0.429. The van der Waals surface area contributed by atoms with Crippen molar-refractivity contribution in [3.63, 3.8) is 0 Å². The first-order valence-corrected chi connectivity index (χ1v) is 10.2. The summed E-state index contributed by atoms with van der Waals surface area (Å²) in [6.45, 7) is 3.36. The van der Waals surface area contributed by atoms with E-state index in [1.165, 1.54) is 16.9 Å². The molecule has 3 rings (SSSR count). The Bertz CT molecular complexity index is 740. The van der Waals surface area contributed by atoms with Gasteiger partial charge < -0.3 is 9.80 Å². The lowest BCUT2D eigenvalue weighted by Gasteiger charge is -2.36. The molecule has 138 valence electrons. The van der Waals surface area contributed by atoms with Crippen LogP contribution in [0.3, 0.4) is 0 Å². The molecule has 5 heteroatoms. The van der Waals surface area contributed by atoms with Crippen molar-refractivity contribution in [2.75, 3.05) is 13.6 Å². The van der Waals surface area contributed by atoms with E-state index >= 15 is 0 Å².